The fourth-order valence-electron chi connectivity index (χ4n) is 3.37. The molecule has 0 fully saturated rings. The topological polar surface area (TPSA) is 94.7 Å². The van der Waals surface area contributed by atoms with Crippen LogP contribution in [0.3, 0.4) is 0 Å². The van der Waals surface area contributed by atoms with Crippen molar-refractivity contribution in [2.45, 2.75) is 26.1 Å². The first-order valence-electron chi connectivity index (χ1n) is 10.5. The highest BCUT2D eigenvalue weighted by Gasteiger charge is 2.30. The molecule has 0 aromatic heterocycles. The largest absolute Gasteiger partial charge is 0.441 e. The zero-order chi connectivity index (χ0) is 24.1. The number of carbonyl (C=O) groups excluding carboxylic acids is 2. The summed E-state index contributed by atoms with van der Waals surface area (Å²) in [4.78, 5) is 26.2. The standard InChI is InChI=1S/C24H23ClFN5O3/c1-15(32)28-20-13-27-24(31(23(20)33)14-16-5-7-17(25)8-6-16)29-18-9-11-19(12-10-18)34-22-4-2-3-21(26)30-22/h2-13,21,24,27,29-30H,14H2,1H3,(H,28,32). The highest BCUT2D eigenvalue weighted by molar-refractivity contribution is 6.30. The van der Waals surface area contributed by atoms with Crippen molar-refractivity contribution in [3.8, 4) is 5.75 Å². The number of halogens is 2. The van der Waals surface area contributed by atoms with Crippen LogP contribution in [-0.4, -0.2) is 29.3 Å². The Labute approximate surface area is 201 Å². The van der Waals surface area contributed by atoms with E-state index in [4.69, 9.17) is 16.3 Å². The van der Waals surface area contributed by atoms with Crippen LogP contribution < -0.4 is 26.0 Å². The Morgan fingerprint density at radius 2 is 1.91 bits per heavy atom. The molecule has 2 unspecified atom stereocenters. The van der Waals surface area contributed by atoms with Crippen molar-refractivity contribution in [2.75, 3.05) is 5.32 Å². The van der Waals surface area contributed by atoms with Crippen molar-refractivity contribution in [2.24, 2.45) is 0 Å². The smallest absolute Gasteiger partial charge is 0.275 e. The van der Waals surface area contributed by atoms with Gasteiger partial charge in [0.2, 0.25) is 5.91 Å². The highest BCUT2D eigenvalue weighted by atomic mass is 35.5. The van der Waals surface area contributed by atoms with Gasteiger partial charge in [0.05, 0.1) is 0 Å². The van der Waals surface area contributed by atoms with Gasteiger partial charge in [0.15, 0.2) is 18.5 Å². The Bertz CT molecular complexity index is 1150. The number of rotatable bonds is 7. The van der Waals surface area contributed by atoms with Crippen LogP contribution in [0.5, 0.6) is 5.75 Å². The van der Waals surface area contributed by atoms with Crippen LogP contribution >= 0.6 is 11.6 Å². The molecule has 10 heteroatoms. The SMILES string of the molecule is CC(=O)NC1=CNC(Nc2ccc(OC3=CC=CC(F)N3)cc2)N(Cc2ccc(Cl)cc2)C1=O. The van der Waals surface area contributed by atoms with Crippen molar-refractivity contribution in [1.82, 2.24) is 20.9 Å². The first-order valence-corrected chi connectivity index (χ1v) is 10.9. The lowest BCUT2D eigenvalue weighted by molar-refractivity contribution is -0.133. The molecule has 34 heavy (non-hydrogen) atoms. The molecule has 8 nitrogen and oxygen atoms in total. The maximum absolute atomic E-state index is 13.4. The normalized spacial score (nSPS) is 19.4. The van der Waals surface area contributed by atoms with Crippen molar-refractivity contribution in [3.05, 3.63) is 95.1 Å². The molecule has 0 radical (unpaired) electrons. The van der Waals surface area contributed by atoms with Crippen LogP contribution in [0.1, 0.15) is 12.5 Å². The van der Waals surface area contributed by atoms with Gasteiger partial charge in [0.25, 0.3) is 5.91 Å². The van der Waals surface area contributed by atoms with Gasteiger partial charge in [0, 0.05) is 30.4 Å². The molecule has 2 aliphatic heterocycles. The number of nitrogens with zero attached hydrogens (tertiary/aromatic N) is 1. The van der Waals surface area contributed by atoms with Gasteiger partial charge in [-0.15, -0.1) is 0 Å². The second-order valence-electron chi connectivity index (χ2n) is 7.60. The molecule has 0 saturated heterocycles. The first kappa shape index (κ1) is 23.2. The van der Waals surface area contributed by atoms with Crippen LogP contribution in [0, 0.1) is 0 Å². The molecule has 2 aliphatic rings. The molecule has 2 amide bonds. The Morgan fingerprint density at radius 3 is 2.59 bits per heavy atom. The van der Waals surface area contributed by atoms with Gasteiger partial charge in [0.1, 0.15) is 11.4 Å². The number of hydrogen-bond acceptors (Lipinski definition) is 6. The van der Waals surface area contributed by atoms with E-state index in [0.29, 0.717) is 22.3 Å². The molecule has 4 N–H and O–H groups in total. The van der Waals surface area contributed by atoms with E-state index in [0.717, 1.165) is 5.56 Å². The predicted octanol–water partition coefficient (Wildman–Crippen LogP) is 3.32. The number of allylic oxidation sites excluding steroid dienone is 2. The maximum atomic E-state index is 13.4. The number of alkyl halides is 1. The molecule has 4 rings (SSSR count). The summed E-state index contributed by atoms with van der Waals surface area (Å²) in [5, 5.41) is 12.1. The lowest BCUT2D eigenvalue weighted by atomic mass is 10.2. The van der Waals surface area contributed by atoms with Crippen molar-refractivity contribution in [1.29, 1.82) is 0 Å². The first-order chi connectivity index (χ1) is 16.4. The molecular weight excluding hydrogens is 461 g/mol. The number of anilines is 1. The number of ether oxygens (including phenoxy) is 1. The highest BCUT2D eigenvalue weighted by Crippen LogP contribution is 2.22. The zero-order valence-corrected chi connectivity index (χ0v) is 19.0. The van der Waals surface area contributed by atoms with Gasteiger partial charge in [-0.05, 0) is 54.1 Å². The van der Waals surface area contributed by atoms with Crippen LogP contribution in [0.4, 0.5) is 10.1 Å². The zero-order valence-electron chi connectivity index (χ0n) is 18.2. The fraction of sp³-hybridized carbons (Fsp3) is 0.167. The summed E-state index contributed by atoms with van der Waals surface area (Å²) in [6.07, 6.45) is 4.17. The summed E-state index contributed by atoms with van der Waals surface area (Å²) in [6.45, 7) is 1.62. The average molecular weight is 484 g/mol. The summed E-state index contributed by atoms with van der Waals surface area (Å²) in [7, 11) is 0. The number of benzene rings is 2. The molecule has 2 atom stereocenters. The Balaban J connectivity index is 1.48. The van der Waals surface area contributed by atoms with Gasteiger partial charge in [-0.3, -0.25) is 14.5 Å². The summed E-state index contributed by atoms with van der Waals surface area (Å²) in [5.41, 5.74) is 1.73. The van der Waals surface area contributed by atoms with Gasteiger partial charge in [-0.2, -0.15) is 0 Å². The molecule has 2 aromatic rings. The monoisotopic (exact) mass is 483 g/mol. The number of nitrogens with one attached hydrogen (secondary N) is 4. The van der Waals surface area contributed by atoms with E-state index in [1.54, 1.807) is 53.5 Å². The van der Waals surface area contributed by atoms with Gasteiger partial charge in [-0.1, -0.05) is 29.8 Å². The van der Waals surface area contributed by atoms with Crippen molar-refractivity contribution >= 4 is 29.1 Å². The van der Waals surface area contributed by atoms with E-state index in [1.165, 1.54) is 19.2 Å². The van der Waals surface area contributed by atoms with Gasteiger partial charge < -0.3 is 26.0 Å². The fourth-order valence-corrected chi connectivity index (χ4v) is 3.50. The summed E-state index contributed by atoms with van der Waals surface area (Å²) >= 11 is 5.98. The van der Waals surface area contributed by atoms with E-state index in [-0.39, 0.29) is 24.1 Å². The quantitative estimate of drug-likeness (QED) is 0.451. The summed E-state index contributed by atoms with van der Waals surface area (Å²) in [6, 6.07) is 14.2. The van der Waals surface area contributed by atoms with Crippen molar-refractivity contribution in [3.63, 3.8) is 0 Å². The summed E-state index contributed by atoms with van der Waals surface area (Å²) < 4.78 is 19.0. The van der Waals surface area contributed by atoms with Crippen LogP contribution in [0.15, 0.2) is 84.5 Å². The molecule has 2 aromatic carbocycles. The predicted molar refractivity (Wildman–Crippen MR) is 127 cm³/mol. The van der Waals surface area contributed by atoms with Crippen LogP contribution in [0.2, 0.25) is 5.02 Å². The molecule has 0 spiro atoms. The van der Waals surface area contributed by atoms with E-state index in [1.807, 2.05) is 12.1 Å². The third kappa shape index (κ3) is 5.87. The van der Waals surface area contributed by atoms with Crippen molar-refractivity contribution < 1.29 is 18.7 Å². The molecular formula is C24H23ClFN5O3. The van der Waals surface area contributed by atoms with Gasteiger partial charge in [-0.25, -0.2) is 4.39 Å². The minimum atomic E-state index is -1.29. The number of carbonyl (C=O) groups is 2. The van der Waals surface area contributed by atoms with E-state index >= 15 is 0 Å². The van der Waals surface area contributed by atoms with E-state index in [9.17, 15) is 14.0 Å². The number of dihydropyridines is 1. The third-order valence-corrected chi connectivity index (χ3v) is 5.21. The minimum Gasteiger partial charge on any atom is -0.441 e. The van der Waals surface area contributed by atoms with Crippen LogP contribution in [0.25, 0.3) is 0 Å². The molecule has 0 bridgehead atoms. The Hall–Kier alpha value is -3.98. The third-order valence-electron chi connectivity index (χ3n) is 4.96. The maximum Gasteiger partial charge on any atom is 0.275 e. The molecule has 0 aliphatic carbocycles. The Morgan fingerprint density at radius 1 is 1.18 bits per heavy atom. The lowest BCUT2D eigenvalue weighted by Gasteiger charge is -2.37. The van der Waals surface area contributed by atoms with E-state index in [2.05, 4.69) is 21.3 Å². The minimum absolute atomic E-state index is 0.150. The van der Waals surface area contributed by atoms with E-state index < -0.39 is 12.6 Å². The number of hydrogen-bond donors (Lipinski definition) is 4. The molecule has 2 heterocycles. The molecule has 176 valence electrons. The number of amides is 2. The Kier molecular flexibility index (Phi) is 7.03. The lowest BCUT2D eigenvalue weighted by Crippen LogP contribution is -2.56. The average Bonchev–Trinajstić information content (AvgIpc) is 2.80. The summed E-state index contributed by atoms with van der Waals surface area (Å²) in [5.74, 6) is 0.142. The van der Waals surface area contributed by atoms with Gasteiger partial charge >= 0.3 is 0 Å². The molecule has 0 saturated carbocycles. The second-order valence-corrected chi connectivity index (χ2v) is 8.04. The van der Waals surface area contributed by atoms with Crippen LogP contribution in [-0.2, 0) is 16.1 Å². The second kappa shape index (κ2) is 10.3.